The number of hydrogen-bond donors (Lipinski definition) is 1. The van der Waals surface area contributed by atoms with Crippen LogP contribution in [0.4, 0.5) is 0 Å². The molecular formula is C11H13BrN4O2. The fourth-order valence-corrected chi connectivity index (χ4v) is 1.54. The minimum atomic E-state index is -0.626. The van der Waals surface area contributed by atoms with Gasteiger partial charge in [0.05, 0.1) is 11.7 Å². The van der Waals surface area contributed by atoms with Gasteiger partial charge in [-0.15, -0.1) is 0 Å². The molecule has 2 heterocycles. The molecule has 0 radical (unpaired) electrons. The third-order valence-electron chi connectivity index (χ3n) is 2.09. The van der Waals surface area contributed by atoms with Gasteiger partial charge in [-0.1, -0.05) is 5.16 Å². The van der Waals surface area contributed by atoms with Crippen LogP contribution in [0.1, 0.15) is 25.6 Å². The molecule has 96 valence electrons. The van der Waals surface area contributed by atoms with Gasteiger partial charge in [-0.2, -0.15) is 4.98 Å². The highest BCUT2D eigenvalue weighted by Gasteiger charge is 2.21. The summed E-state index contributed by atoms with van der Waals surface area (Å²) in [5.41, 5.74) is 5.23. The van der Waals surface area contributed by atoms with Crippen molar-refractivity contribution in [3.05, 3.63) is 34.6 Å². The maximum atomic E-state index is 5.86. The van der Waals surface area contributed by atoms with E-state index >= 15 is 0 Å². The van der Waals surface area contributed by atoms with Gasteiger partial charge in [0.15, 0.2) is 12.4 Å². The van der Waals surface area contributed by atoms with Crippen molar-refractivity contribution in [2.45, 2.75) is 26.0 Å². The molecule has 7 heteroatoms. The molecule has 0 saturated carbocycles. The molecule has 0 bridgehead atoms. The number of halogens is 1. The Morgan fingerprint density at radius 1 is 1.44 bits per heavy atom. The lowest BCUT2D eigenvalue weighted by molar-refractivity contribution is 0.241. The molecule has 2 N–H and O–H groups in total. The molecule has 0 amide bonds. The third kappa shape index (κ3) is 3.27. The summed E-state index contributed by atoms with van der Waals surface area (Å²) in [6, 6.07) is 1.80. The van der Waals surface area contributed by atoms with Crippen LogP contribution >= 0.6 is 15.9 Å². The first-order valence-electron chi connectivity index (χ1n) is 5.30. The number of aromatic nitrogens is 3. The molecule has 18 heavy (non-hydrogen) atoms. The van der Waals surface area contributed by atoms with E-state index in [9.17, 15) is 0 Å². The van der Waals surface area contributed by atoms with E-state index in [1.807, 2.05) is 0 Å². The average molecular weight is 313 g/mol. The van der Waals surface area contributed by atoms with Crippen molar-refractivity contribution in [1.82, 2.24) is 15.1 Å². The molecule has 6 nitrogen and oxygen atoms in total. The summed E-state index contributed by atoms with van der Waals surface area (Å²) in [5.74, 6) is 1.45. The first kappa shape index (κ1) is 13.0. The van der Waals surface area contributed by atoms with Crippen LogP contribution in [0.2, 0.25) is 0 Å². The summed E-state index contributed by atoms with van der Waals surface area (Å²) >= 11 is 3.31. The average Bonchev–Trinajstić information content (AvgIpc) is 2.74. The zero-order valence-electron chi connectivity index (χ0n) is 10.1. The highest BCUT2D eigenvalue weighted by atomic mass is 79.9. The smallest absolute Gasteiger partial charge is 0.264 e. The van der Waals surface area contributed by atoms with Gasteiger partial charge in [0.25, 0.3) is 5.89 Å². The van der Waals surface area contributed by atoms with E-state index in [2.05, 4.69) is 31.1 Å². The highest BCUT2D eigenvalue weighted by molar-refractivity contribution is 9.10. The van der Waals surface area contributed by atoms with Crippen molar-refractivity contribution in [3.8, 4) is 5.75 Å². The second-order valence-corrected chi connectivity index (χ2v) is 5.28. The predicted molar refractivity (Wildman–Crippen MR) is 67.8 cm³/mol. The van der Waals surface area contributed by atoms with E-state index in [4.69, 9.17) is 15.0 Å². The summed E-state index contributed by atoms with van der Waals surface area (Å²) < 4.78 is 11.4. The van der Waals surface area contributed by atoms with Crippen molar-refractivity contribution in [2.24, 2.45) is 5.73 Å². The number of ether oxygens (including phenoxy) is 1. The van der Waals surface area contributed by atoms with Crippen LogP contribution in [0, 0.1) is 0 Å². The molecule has 2 rings (SSSR count). The quantitative estimate of drug-likeness (QED) is 0.929. The normalized spacial score (nSPS) is 11.6. The number of nitrogens with zero attached hydrogens (tertiary/aromatic N) is 3. The van der Waals surface area contributed by atoms with E-state index in [1.54, 1.807) is 32.3 Å². The summed E-state index contributed by atoms with van der Waals surface area (Å²) in [6.07, 6.45) is 3.28. The maximum absolute atomic E-state index is 5.86. The molecule has 0 aliphatic heterocycles. The lowest BCUT2D eigenvalue weighted by Gasteiger charge is -2.11. The standard InChI is InChI=1S/C11H13BrN4O2/c1-11(2,13)10-15-9(18-16-10)6-17-8-3-7(12)4-14-5-8/h3-5H,6,13H2,1-2H3. The fraction of sp³-hybridized carbons (Fsp3) is 0.364. The van der Waals surface area contributed by atoms with Crippen LogP contribution in [-0.4, -0.2) is 15.1 Å². The second-order valence-electron chi connectivity index (χ2n) is 4.36. The summed E-state index contributed by atoms with van der Waals surface area (Å²) in [5, 5.41) is 3.80. The Hall–Kier alpha value is -1.47. The molecule has 0 aliphatic carbocycles. The predicted octanol–water partition coefficient (Wildman–Crippen LogP) is 2.00. The Morgan fingerprint density at radius 2 is 2.22 bits per heavy atom. The molecule has 0 unspecified atom stereocenters. The number of rotatable bonds is 4. The summed E-state index contributed by atoms with van der Waals surface area (Å²) in [7, 11) is 0. The van der Waals surface area contributed by atoms with E-state index < -0.39 is 5.54 Å². The van der Waals surface area contributed by atoms with Crippen LogP contribution in [0.25, 0.3) is 0 Å². The Kier molecular flexibility index (Phi) is 3.63. The highest BCUT2D eigenvalue weighted by Crippen LogP contribution is 2.17. The summed E-state index contributed by atoms with van der Waals surface area (Å²) in [4.78, 5) is 8.14. The van der Waals surface area contributed by atoms with Gasteiger partial charge in [0.2, 0.25) is 0 Å². The van der Waals surface area contributed by atoms with Crippen LogP contribution < -0.4 is 10.5 Å². The maximum Gasteiger partial charge on any atom is 0.264 e. The van der Waals surface area contributed by atoms with Gasteiger partial charge < -0.3 is 15.0 Å². The fourth-order valence-electron chi connectivity index (χ4n) is 1.19. The SMILES string of the molecule is CC(C)(N)c1noc(COc2cncc(Br)c2)n1. The minimum absolute atomic E-state index is 0.182. The van der Waals surface area contributed by atoms with Crippen molar-refractivity contribution in [1.29, 1.82) is 0 Å². The van der Waals surface area contributed by atoms with Crippen molar-refractivity contribution < 1.29 is 9.26 Å². The van der Waals surface area contributed by atoms with Gasteiger partial charge in [-0.25, -0.2) is 0 Å². The van der Waals surface area contributed by atoms with Gasteiger partial charge in [-0.3, -0.25) is 4.98 Å². The number of hydrogen-bond acceptors (Lipinski definition) is 6. The first-order valence-corrected chi connectivity index (χ1v) is 6.10. The van der Waals surface area contributed by atoms with Gasteiger partial charge in [-0.05, 0) is 35.8 Å². The first-order chi connectivity index (χ1) is 8.45. The molecule has 0 saturated heterocycles. The number of nitrogens with two attached hydrogens (primary N) is 1. The molecule has 0 fully saturated rings. The monoisotopic (exact) mass is 312 g/mol. The Labute approximate surface area is 113 Å². The minimum Gasteiger partial charge on any atom is -0.482 e. The zero-order chi connectivity index (χ0) is 13.2. The molecular weight excluding hydrogens is 300 g/mol. The lowest BCUT2D eigenvalue weighted by Crippen LogP contribution is -2.30. The van der Waals surface area contributed by atoms with Gasteiger partial charge >= 0.3 is 0 Å². The van der Waals surface area contributed by atoms with Crippen molar-refractivity contribution >= 4 is 15.9 Å². The van der Waals surface area contributed by atoms with Crippen LogP contribution in [0.5, 0.6) is 5.75 Å². The molecule has 0 aliphatic rings. The topological polar surface area (TPSA) is 87.1 Å². The van der Waals surface area contributed by atoms with Crippen LogP contribution in [-0.2, 0) is 12.1 Å². The molecule has 0 aromatic carbocycles. The van der Waals surface area contributed by atoms with E-state index in [0.29, 0.717) is 17.5 Å². The Bertz CT molecular complexity index is 536. The Morgan fingerprint density at radius 3 is 2.83 bits per heavy atom. The van der Waals surface area contributed by atoms with Crippen LogP contribution in [0.3, 0.4) is 0 Å². The molecule has 2 aromatic heterocycles. The van der Waals surface area contributed by atoms with Gasteiger partial charge in [0.1, 0.15) is 5.75 Å². The second kappa shape index (κ2) is 5.03. The van der Waals surface area contributed by atoms with E-state index in [0.717, 1.165) is 4.47 Å². The van der Waals surface area contributed by atoms with Crippen LogP contribution in [0.15, 0.2) is 27.5 Å². The largest absolute Gasteiger partial charge is 0.482 e. The molecule has 0 spiro atoms. The van der Waals surface area contributed by atoms with Crippen molar-refractivity contribution in [3.63, 3.8) is 0 Å². The van der Waals surface area contributed by atoms with Gasteiger partial charge in [0, 0.05) is 10.7 Å². The summed E-state index contributed by atoms with van der Waals surface area (Å²) in [6.45, 7) is 3.79. The molecule has 2 aromatic rings. The van der Waals surface area contributed by atoms with E-state index in [1.165, 1.54) is 0 Å². The van der Waals surface area contributed by atoms with Crippen molar-refractivity contribution in [2.75, 3.05) is 0 Å². The third-order valence-corrected chi connectivity index (χ3v) is 2.52. The zero-order valence-corrected chi connectivity index (χ0v) is 11.6. The number of pyridine rings is 1. The Balaban J connectivity index is 2.01. The molecule has 0 atom stereocenters. The van der Waals surface area contributed by atoms with E-state index in [-0.39, 0.29) is 6.61 Å². The lowest BCUT2D eigenvalue weighted by atomic mass is 10.1.